The Balaban J connectivity index is 3.03. The maximum atomic E-state index is 12.4. The van der Waals surface area contributed by atoms with Gasteiger partial charge in [0.15, 0.2) is 0 Å². The second-order valence-corrected chi connectivity index (χ2v) is 5.22. The summed E-state index contributed by atoms with van der Waals surface area (Å²) in [6.45, 7) is 8.36. The van der Waals surface area contributed by atoms with Gasteiger partial charge in [0.25, 0.3) is 5.91 Å². The number of carbonyl (C=O) groups excluding carboxylic acids is 1. The first kappa shape index (κ1) is 15.0. The highest BCUT2D eigenvalue weighted by Gasteiger charge is 2.19. The number of rotatable bonds is 6. The molecule has 1 aromatic heterocycles. The van der Waals surface area contributed by atoms with Crippen LogP contribution in [0.25, 0.3) is 0 Å². The zero-order valence-corrected chi connectivity index (χ0v) is 12.4. The first-order valence-electron chi connectivity index (χ1n) is 5.89. The molecule has 0 spiro atoms. The lowest BCUT2D eigenvalue weighted by molar-refractivity contribution is 0.0730. The quantitative estimate of drug-likeness (QED) is 0.820. The minimum atomic E-state index is -0.0941. The number of hydrogen-bond acceptors (Lipinski definition) is 2. The lowest BCUT2D eigenvalue weighted by atomic mass is 10.3. The number of carbonyl (C=O) groups is 1. The van der Waals surface area contributed by atoms with Crippen LogP contribution in [0.5, 0.6) is 0 Å². The second kappa shape index (κ2) is 6.75. The molecule has 0 atom stereocenters. The van der Waals surface area contributed by atoms with Gasteiger partial charge >= 0.3 is 0 Å². The van der Waals surface area contributed by atoms with Crippen LogP contribution in [0.4, 0.5) is 0 Å². The highest BCUT2D eigenvalue weighted by Crippen LogP contribution is 2.20. The number of aliphatic hydroxyl groups is 1. The van der Waals surface area contributed by atoms with Gasteiger partial charge in [0.05, 0.1) is 6.61 Å². The van der Waals surface area contributed by atoms with Crippen LogP contribution in [0.3, 0.4) is 0 Å². The van der Waals surface area contributed by atoms with Crippen molar-refractivity contribution < 1.29 is 9.90 Å². The predicted molar refractivity (Wildman–Crippen MR) is 75.7 cm³/mol. The summed E-state index contributed by atoms with van der Waals surface area (Å²) in [5, 5.41) is 9.00. The highest BCUT2D eigenvalue weighted by atomic mass is 79.9. The largest absolute Gasteiger partial charge is 0.395 e. The van der Waals surface area contributed by atoms with Crippen LogP contribution in [-0.4, -0.2) is 40.2 Å². The van der Waals surface area contributed by atoms with Crippen molar-refractivity contribution in [3.63, 3.8) is 0 Å². The summed E-state index contributed by atoms with van der Waals surface area (Å²) in [7, 11) is 0. The van der Waals surface area contributed by atoms with Crippen molar-refractivity contribution in [3.05, 3.63) is 35.1 Å². The van der Waals surface area contributed by atoms with Crippen LogP contribution in [0.2, 0.25) is 0 Å². The average molecular weight is 315 g/mol. The molecule has 100 valence electrons. The summed E-state index contributed by atoms with van der Waals surface area (Å²) in [6.07, 6.45) is 3.55. The molecule has 4 nitrogen and oxygen atoms in total. The Morgan fingerprint density at radius 3 is 2.83 bits per heavy atom. The molecule has 0 radical (unpaired) electrons. The maximum Gasteiger partial charge on any atom is 0.270 e. The first-order valence-corrected chi connectivity index (χ1v) is 6.69. The van der Waals surface area contributed by atoms with E-state index in [2.05, 4.69) is 22.5 Å². The monoisotopic (exact) mass is 314 g/mol. The molecule has 0 unspecified atom stereocenters. The van der Waals surface area contributed by atoms with Gasteiger partial charge in [-0.15, -0.1) is 6.58 Å². The topological polar surface area (TPSA) is 45.5 Å². The van der Waals surface area contributed by atoms with Crippen LogP contribution in [-0.2, 0) is 0 Å². The zero-order valence-electron chi connectivity index (χ0n) is 10.8. The molecule has 0 fully saturated rings. The number of aliphatic hydroxyl groups excluding tert-OH is 1. The van der Waals surface area contributed by atoms with Crippen LogP contribution in [0, 0.1) is 0 Å². The Bertz CT molecular complexity index is 427. The first-order chi connectivity index (χ1) is 8.51. The van der Waals surface area contributed by atoms with E-state index < -0.39 is 0 Å². The number of aromatic nitrogens is 1. The Hall–Kier alpha value is -1.07. The van der Waals surface area contributed by atoms with Gasteiger partial charge in [-0.3, -0.25) is 4.79 Å². The summed E-state index contributed by atoms with van der Waals surface area (Å²) in [4.78, 5) is 14.0. The molecule has 0 aliphatic rings. The third-order valence-corrected chi connectivity index (χ3v) is 3.03. The molecule has 0 aromatic carbocycles. The molecule has 1 aromatic rings. The fraction of sp³-hybridized carbons (Fsp3) is 0.462. The van der Waals surface area contributed by atoms with Crippen LogP contribution < -0.4 is 0 Å². The van der Waals surface area contributed by atoms with E-state index in [0.29, 0.717) is 18.8 Å². The van der Waals surface area contributed by atoms with E-state index in [4.69, 9.17) is 5.11 Å². The minimum absolute atomic E-state index is 0.0524. The summed E-state index contributed by atoms with van der Waals surface area (Å²) >= 11 is 3.39. The average Bonchev–Trinajstić information content (AvgIpc) is 2.70. The summed E-state index contributed by atoms with van der Waals surface area (Å²) < 4.78 is 2.79. The molecule has 18 heavy (non-hydrogen) atoms. The van der Waals surface area contributed by atoms with Crippen molar-refractivity contribution in [1.82, 2.24) is 9.47 Å². The molecule has 1 amide bonds. The van der Waals surface area contributed by atoms with Gasteiger partial charge in [0, 0.05) is 29.8 Å². The van der Waals surface area contributed by atoms with Gasteiger partial charge in [0.2, 0.25) is 0 Å². The number of hydrogen-bond donors (Lipinski definition) is 1. The van der Waals surface area contributed by atoms with E-state index in [-0.39, 0.29) is 18.6 Å². The molecule has 0 aliphatic carbocycles. The standard InChI is InChI=1S/C13H19BrN2O2/c1-4-5-15(6-7-17)13(18)12-8-11(14)9-16(12)10(2)3/h4,8-10,17H,1,5-7H2,2-3H3. The molecule has 1 rings (SSSR count). The fourth-order valence-electron chi connectivity index (χ4n) is 1.76. The molecule has 1 heterocycles. The summed E-state index contributed by atoms with van der Waals surface area (Å²) in [5.74, 6) is -0.0941. The molecular weight excluding hydrogens is 296 g/mol. The minimum Gasteiger partial charge on any atom is -0.395 e. The normalized spacial score (nSPS) is 10.7. The third-order valence-electron chi connectivity index (χ3n) is 2.60. The van der Waals surface area contributed by atoms with E-state index in [1.807, 2.05) is 24.6 Å². The highest BCUT2D eigenvalue weighted by molar-refractivity contribution is 9.10. The summed E-state index contributed by atoms with van der Waals surface area (Å²) in [5.41, 5.74) is 0.618. The van der Waals surface area contributed by atoms with E-state index in [1.165, 1.54) is 0 Å². The number of halogens is 1. The van der Waals surface area contributed by atoms with Gasteiger partial charge < -0.3 is 14.6 Å². The van der Waals surface area contributed by atoms with Crippen molar-refractivity contribution in [2.24, 2.45) is 0 Å². The smallest absolute Gasteiger partial charge is 0.270 e. The van der Waals surface area contributed by atoms with E-state index in [9.17, 15) is 4.79 Å². The SMILES string of the molecule is C=CCN(CCO)C(=O)c1cc(Br)cn1C(C)C. The Morgan fingerprint density at radius 2 is 2.33 bits per heavy atom. The molecule has 0 bridgehead atoms. The van der Waals surface area contributed by atoms with Crippen LogP contribution in [0.15, 0.2) is 29.4 Å². The zero-order chi connectivity index (χ0) is 13.7. The molecular formula is C13H19BrN2O2. The molecule has 1 N–H and O–H groups in total. The second-order valence-electron chi connectivity index (χ2n) is 4.31. The van der Waals surface area contributed by atoms with E-state index in [1.54, 1.807) is 17.0 Å². The molecule has 5 heteroatoms. The molecule has 0 aliphatic heterocycles. The van der Waals surface area contributed by atoms with Gasteiger partial charge in [-0.25, -0.2) is 0 Å². The lowest BCUT2D eigenvalue weighted by Crippen LogP contribution is -2.35. The van der Waals surface area contributed by atoms with Crippen molar-refractivity contribution in [1.29, 1.82) is 0 Å². The third kappa shape index (κ3) is 3.46. The van der Waals surface area contributed by atoms with Crippen molar-refractivity contribution >= 4 is 21.8 Å². The van der Waals surface area contributed by atoms with Gasteiger partial charge in [-0.1, -0.05) is 6.08 Å². The lowest BCUT2D eigenvalue weighted by Gasteiger charge is -2.21. The van der Waals surface area contributed by atoms with E-state index in [0.717, 1.165) is 4.47 Å². The Kier molecular flexibility index (Phi) is 5.62. The van der Waals surface area contributed by atoms with Gasteiger partial charge in [-0.05, 0) is 35.8 Å². The van der Waals surface area contributed by atoms with Gasteiger partial charge in [-0.2, -0.15) is 0 Å². The number of nitrogens with zero attached hydrogens (tertiary/aromatic N) is 2. The number of amides is 1. The van der Waals surface area contributed by atoms with Crippen molar-refractivity contribution in [2.45, 2.75) is 19.9 Å². The van der Waals surface area contributed by atoms with Crippen molar-refractivity contribution in [2.75, 3.05) is 19.7 Å². The predicted octanol–water partition coefficient (Wildman–Crippen LogP) is 2.45. The van der Waals surface area contributed by atoms with Gasteiger partial charge in [0.1, 0.15) is 5.69 Å². The molecule has 0 saturated heterocycles. The van der Waals surface area contributed by atoms with Crippen LogP contribution >= 0.6 is 15.9 Å². The van der Waals surface area contributed by atoms with Crippen molar-refractivity contribution in [3.8, 4) is 0 Å². The Labute approximate surface area is 116 Å². The summed E-state index contributed by atoms with van der Waals surface area (Å²) in [6, 6.07) is 2.01. The Morgan fingerprint density at radius 1 is 1.67 bits per heavy atom. The van der Waals surface area contributed by atoms with E-state index >= 15 is 0 Å². The fourth-order valence-corrected chi connectivity index (χ4v) is 2.20. The van der Waals surface area contributed by atoms with Crippen LogP contribution in [0.1, 0.15) is 30.4 Å². The maximum absolute atomic E-state index is 12.4. The molecule has 0 saturated carbocycles.